The number of nitrogens with zero attached hydrogens (tertiary/aromatic N) is 1. The quantitative estimate of drug-likeness (QED) is 0.836. The number of primary amides is 1. The molecule has 1 aromatic rings. The van der Waals surface area contributed by atoms with Crippen LogP contribution in [0.3, 0.4) is 0 Å². The van der Waals surface area contributed by atoms with Crippen LogP contribution in [0, 0.1) is 5.92 Å². The lowest BCUT2D eigenvalue weighted by Gasteiger charge is -2.25. The molecule has 4 nitrogen and oxygen atoms in total. The summed E-state index contributed by atoms with van der Waals surface area (Å²) in [5.41, 5.74) is 7.51. The molecule has 0 saturated carbocycles. The maximum absolute atomic E-state index is 11.5. The van der Waals surface area contributed by atoms with Crippen LogP contribution < -0.4 is 5.73 Å². The number of aromatic nitrogens is 1. The number of carbonyl (C=O) groups excluding carboxylic acids is 1. The molecule has 2 unspecified atom stereocenters. The Balaban J connectivity index is 2.42. The predicted molar refractivity (Wildman–Crippen MR) is 65.4 cm³/mol. The summed E-state index contributed by atoms with van der Waals surface area (Å²) in [6.45, 7) is 3.97. The molecule has 0 aromatic carbocycles. The second-order valence-corrected chi connectivity index (χ2v) is 5.12. The summed E-state index contributed by atoms with van der Waals surface area (Å²) < 4.78 is 1.95. The molecule has 0 bridgehead atoms. The van der Waals surface area contributed by atoms with Crippen molar-refractivity contribution in [3.63, 3.8) is 0 Å². The van der Waals surface area contributed by atoms with E-state index in [1.807, 2.05) is 30.7 Å². The first kappa shape index (κ1) is 12.2. The summed E-state index contributed by atoms with van der Waals surface area (Å²) >= 11 is 0. The molecule has 0 fully saturated rings. The number of hydrogen-bond donors (Lipinski definition) is 2. The molecule has 1 aromatic heterocycles. The molecule has 4 heteroatoms. The molecular weight excluding hydrogens is 216 g/mol. The molecule has 0 saturated heterocycles. The van der Waals surface area contributed by atoms with Gasteiger partial charge in [0.1, 0.15) is 6.04 Å². The fraction of sp³-hybridized carbons (Fsp3) is 0.615. The second-order valence-electron chi connectivity index (χ2n) is 5.12. The van der Waals surface area contributed by atoms with Gasteiger partial charge in [-0.2, -0.15) is 0 Å². The van der Waals surface area contributed by atoms with Gasteiger partial charge in [0.05, 0.1) is 6.10 Å². The van der Waals surface area contributed by atoms with E-state index in [9.17, 15) is 9.90 Å². The van der Waals surface area contributed by atoms with Gasteiger partial charge in [-0.15, -0.1) is 0 Å². The van der Waals surface area contributed by atoms with Crippen LogP contribution in [0.2, 0.25) is 0 Å². The Morgan fingerprint density at radius 2 is 2.29 bits per heavy atom. The van der Waals surface area contributed by atoms with Crippen molar-refractivity contribution in [3.05, 3.63) is 23.5 Å². The van der Waals surface area contributed by atoms with Gasteiger partial charge in [0.2, 0.25) is 5.91 Å². The van der Waals surface area contributed by atoms with Gasteiger partial charge < -0.3 is 15.4 Å². The highest BCUT2D eigenvalue weighted by atomic mass is 16.3. The van der Waals surface area contributed by atoms with Crippen molar-refractivity contribution in [1.29, 1.82) is 0 Å². The molecule has 2 atom stereocenters. The average Bonchev–Trinajstić information content (AvgIpc) is 2.63. The highest BCUT2D eigenvalue weighted by molar-refractivity contribution is 5.78. The number of hydrogen-bond acceptors (Lipinski definition) is 2. The molecule has 1 aliphatic rings. The maximum atomic E-state index is 11.5. The van der Waals surface area contributed by atoms with Crippen molar-refractivity contribution in [3.8, 4) is 0 Å². The van der Waals surface area contributed by atoms with E-state index in [4.69, 9.17) is 5.73 Å². The zero-order valence-electron chi connectivity index (χ0n) is 10.4. The van der Waals surface area contributed by atoms with Crippen molar-refractivity contribution in [2.75, 3.05) is 0 Å². The van der Waals surface area contributed by atoms with Crippen LogP contribution in [0.15, 0.2) is 12.3 Å². The normalized spacial score (nSPS) is 21.3. The largest absolute Gasteiger partial charge is 0.388 e. The summed E-state index contributed by atoms with van der Waals surface area (Å²) in [5, 5.41) is 9.90. The Kier molecular flexibility index (Phi) is 3.24. The lowest BCUT2D eigenvalue weighted by molar-refractivity contribution is -0.122. The van der Waals surface area contributed by atoms with E-state index >= 15 is 0 Å². The standard InChI is InChI=1S/C13H20N2O2/c1-8(2)12(13(14)17)15-7-6-9-10(15)4-3-5-11(9)16/h6-8,11-12,16H,3-5H2,1-2H3,(H2,14,17). The minimum absolute atomic E-state index is 0.156. The van der Waals surface area contributed by atoms with Crippen LogP contribution in [-0.2, 0) is 11.2 Å². The van der Waals surface area contributed by atoms with Crippen LogP contribution >= 0.6 is 0 Å². The lowest BCUT2D eigenvalue weighted by Crippen LogP contribution is -2.31. The monoisotopic (exact) mass is 236 g/mol. The molecule has 0 aliphatic heterocycles. The van der Waals surface area contributed by atoms with Crippen molar-refractivity contribution in [2.24, 2.45) is 11.7 Å². The number of nitrogens with two attached hydrogens (primary N) is 1. The van der Waals surface area contributed by atoms with Crippen LogP contribution in [0.25, 0.3) is 0 Å². The number of rotatable bonds is 3. The van der Waals surface area contributed by atoms with E-state index in [2.05, 4.69) is 0 Å². The maximum Gasteiger partial charge on any atom is 0.240 e. The minimum atomic E-state index is -0.388. The number of fused-ring (bicyclic) bond motifs is 1. The van der Waals surface area contributed by atoms with E-state index < -0.39 is 0 Å². The number of aliphatic hydroxyl groups excluding tert-OH is 1. The summed E-state index contributed by atoms with van der Waals surface area (Å²) in [5.74, 6) is -0.151. The van der Waals surface area contributed by atoms with Crippen molar-refractivity contribution in [1.82, 2.24) is 4.57 Å². The topological polar surface area (TPSA) is 68.2 Å². The van der Waals surface area contributed by atoms with Crippen LogP contribution in [0.4, 0.5) is 0 Å². The summed E-state index contributed by atoms with van der Waals surface area (Å²) in [6, 6.07) is 1.60. The van der Waals surface area contributed by atoms with Crippen molar-refractivity contribution < 1.29 is 9.90 Å². The van der Waals surface area contributed by atoms with Gasteiger partial charge in [0, 0.05) is 17.5 Å². The van der Waals surface area contributed by atoms with E-state index in [1.165, 1.54) is 0 Å². The van der Waals surface area contributed by atoms with E-state index in [0.29, 0.717) is 0 Å². The fourth-order valence-electron chi connectivity index (χ4n) is 2.74. The Morgan fingerprint density at radius 1 is 1.59 bits per heavy atom. The molecular formula is C13H20N2O2. The first-order valence-corrected chi connectivity index (χ1v) is 6.19. The third-order valence-electron chi connectivity index (χ3n) is 3.53. The second kappa shape index (κ2) is 4.53. The zero-order valence-corrected chi connectivity index (χ0v) is 10.4. The van der Waals surface area contributed by atoms with E-state index in [1.54, 1.807) is 0 Å². The van der Waals surface area contributed by atoms with Gasteiger partial charge in [0.15, 0.2) is 0 Å². The first-order chi connectivity index (χ1) is 8.02. The number of carbonyl (C=O) groups is 1. The third kappa shape index (κ3) is 2.09. The highest BCUT2D eigenvalue weighted by Crippen LogP contribution is 2.33. The van der Waals surface area contributed by atoms with Crippen molar-refractivity contribution >= 4 is 5.91 Å². The van der Waals surface area contributed by atoms with E-state index in [-0.39, 0.29) is 24.0 Å². The third-order valence-corrected chi connectivity index (χ3v) is 3.53. The Bertz CT molecular complexity index is 423. The molecule has 1 heterocycles. The molecule has 94 valence electrons. The fourth-order valence-corrected chi connectivity index (χ4v) is 2.74. The summed E-state index contributed by atoms with van der Waals surface area (Å²) in [6.07, 6.45) is 4.17. The molecule has 0 spiro atoms. The number of aliphatic hydroxyl groups is 1. The van der Waals surface area contributed by atoms with Crippen LogP contribution in [0.5, 0.6) is 0 Å². The minimum Gasteiger partial charge on any atom is -0.388 e. The lowest BCUT2D eigenvalue weighted by atomic mass is 9.94. The van der Waals surface area contributed by atoms with Crippen LogP contribution in [0.1, 0.15) is 50.1 Å². The smallest absolute Gasteiger partial charge is 0.240 e. The first-order valence-electron chi connectivity index (χ1n) is 6.19. The highest BCUT2D eigenvalue weighted by Gasteiger charge is 2.28. The van der Waals surface area contributed by atoms with Gasteiger partial charge >= 0.3 is 0 Å². The van der Waals surface area contributed by atoms with Gasteiger partial charge in [-0.3, -0.25) is 4.79 Å². The van der Waals surface area contributed by atoms with Gasteiger partial charge in [0.25, 0.3) is 0 Å². The number of amides is 1. The SMILES string of the molecule is CC(C)C(C(N)=O)n1ccc2c1CCCC2O. The van der Waals surface area contributed by atoms with Crippen molar-refractivity contribution in [2.45, 2.75) is 45.3 Å². The molecule has 2 rings (SSSR count). The Hall–Kier alpha value is -1.29. The Morgan fingerprint density at radius 3 is 2.88 bits per heavy atom. The van der Waals surface area contributed by atoms with Crippen LogP contribution in [-0.4, -0.2) is 15.6 Å². The molecule has 17 heavy (non-hydrogen) atoms. The Labute approximate surface area is 101 Å². The average molecular weight is 236 g/mol. The van der Waals surface area contributed by atoms with Gasteiger partial charge in [-0.25, -0.2) is 0 Å². The predicted octanol–water partition coefficient (Wildman–Crippen LogP) is 1.54. The zero-order chi connectivity index (χ0) is 12.6. The molecule has 1 amide bonds. The van der Waals surface area contributed by atoms with Gasteiger partial charge in [-0.1, -0.05) is 13.8 Å². The molecule has 1 aliphatic carbocycles. The molecule has 3 N–H and O–H groups in total. The molecule has 0 radical (unpaired) electrons. The van der Waals surface area contributed by atoms with Gasteiger partial charge in [-0.05, 0) is 31.2 Å². The summed E-state index contributed by atoms with van der Waals surface area (Å²) in [4.78, 5) is 11.5. The van der Waals surface area contributed by atoms with E-state index in [0.717, 1.165) is 30.5 Å². The summed E-state index contributed by atoms with van der Waals surface area (Å²) in [7, 11) is 0.